The van der Waals surface area contributed by atoms with Crippen LogP contribution in [-0.2, 0) is 19.6 Å². The number of ether oxygens (including phenoxy) is 3. The molecule has 0 aromatic heterocycles. The van der Waals surface area contributed by atoms with Gasteiger partial charge in [0.2, 0.25) is 10.0 Å². The minimum absolute atomic E-state index is 0.131. The minimum atomic E-state index is -3.60. The molecule has 1 aliphatic rings. The molecule has 168 valence electrons. The molecule has 3 rings (SSSR count). The highest BCUT2D eigenvalue weighted by Crippen LogP contribution is 2.26. The first-order valence-electron chi connectivity index (χ1n) is 10.2. The largest absolute Gasteiger partial charge is 0.494 e. The van der Waals surface area contributed by atoms with Crippen LogP contribution in [0.2, 0.25) is 5.02 Å². The van der Waals surface area contributed by atoms with E-state index in [0.717, 1.165) is 0 Å². The van der Waals surface area contributed by atoms with Crippen LogP contribution in [0.1, 0.15) is 19.8 Å². The normalized spacial score (nSPS) is 15.4. The van der Waals surface area contributed by atoms with Crippen LogP contribution in [0.25, 0.3) is 0 Å². The minimum Gasteiger partial charge on any atom is -0.494 e. The molecule has 0 saturated carbocycles. The SMILES string of the molecule is CCOc1ccc(S(=O)(=O)N2CCC(C(=O)OCCOc3ccc(Cl)cc3)CC2)cc1. The molecule has 31 heavy (non-hydrogen) atoms. The fourth-order valence-electron chi connectivity index (χ4n) is 3.31. The summed E-state index contributed by atoms with van der Waals surface area (Å²) in [6, 6.07) is 13.3. The van der Waals surface area contributed by atoms with E-state index in [4.69, 9.17) is 25.8 Å². The van der Waals surface area contributed by atoms with Crippen molar-refractivity contribution in [3.05, 3.63) is 53.6 Å². The maximum atomic E-state index is 12.8. The second kappa shape index (κ2) is 10.8. The molecule has 9 heteroatoms. The number of sulfonamides is 1. The van der Waals surface area contributed by atoms with Crippen molar-refractivity contribution in [2.24, 2.45) is 5.92 Å². The summed E-state index contributed by atoms with van der Waals surface area (Å²) in [5.41, 5.74) is 0. The molecule has 2 aromatic carbocycles. The van der Waals surface area contributed by atoms with Gasteiger partial charge in [-0.05, 0) is 68.3 Å². The van der Waals surface area contributed by atoms with Gasteiger partial charge in [0.05, 0.1) is 17.4 Å². The van der Waals surface area contributed by atoms with E-state index in [2.05, 4.69) is 0 Å². The average molecular weight is 468 g/mol. The van der Waals surface area contributed by atoms with Crippen molar-refractivity contribution in [2.45, 2.75) is 24.7 Å². The second-order valence-corrected chi connectivity index (χ2v) is 9.43. The fourth-order valence-corrected chi connectivity index (χ4v) is 4.90. The lowest BCUT2D eigenvalue weighted by Gasteiger charge is -2.30. The van der Waals surface area contributed by atoms with Crippen LogP contribution >= 0.6 is 11.6 Å². The van der Waals surface area contributed by atoms with E-state index in [1.807, 2.05) is 6.92 Å². The maximum Gasteiger partial charge on any atom is 0.309 e. The molecule has 0 spiro atoms. The highest BCUT2D eigenvalue weighted by molar-refractivity contribution is 7.89. The van der Waals surface area contributed by atoms with Gasteiger partial charge in [0.1, 0.15) is 24.7 Å². The van der Waals surface area contributed by atoms with Crippen molar-refractivity contribution in [1.82, 2.24) is 4.31 Å². The number of esters is 1. The topological polar surface area (TPSA) is 82.1 Å². The Morgan fingerprint density at radius 3 is 2.16 bits per heavy atom. The first-order valence-corrected chi connectivity index (χ1v) is 12.0. The predicted octanol–water partition coefficient (Wildman–Crippen LogP) is 3.76. The zero-order chi connectivity index (χ0) is 22.3. The van der Waals surface area contributed by atoms with Crippen LogP contribution in [0.5, 0.6) is 11.5 Å². The predicted molar refractivity (Wildman–Crippen MR) is 117 cm³/mol. The molecule has 0 radical (unpaired) electrons. The summed E-state index contributed by atoms with van der Waals surface area (Å²) in [6.45, 7) is 3.30. The molecule has 7 nitrogen and oxygen atoms in total. The van der Waals surface area contributed by atoms with E-state index >= 15 is 0 Å². The van der Waals surface area contributed by atoms with Crippen LogP contribution in [0.4, 0.5) is 0 Å². The Morgan fingerprint density at radius 2 is 1.55 bits per heavy atom. The van der Waals surface area contributed by atoms with Gasteiger partial charge in [-0.2, -0.15) is 4.31 Å². The van der Waals surface area contributed by atoms with Crippen LogP contribution in [0.3, 0.4) is 0 Å². The second-order valence-electron chi connectivity index (χ2n) is 7.05. The zero-order valence-corrected chi connectivity index (χ0v) is 18.9. The third-order valence-corrected chi connectivity index (χ3v) is 7.13. The van der Waals surface area contributed by atoms with Crippen molar-refractivity contribution in [3.8, 4) is 11.5 Å². The van der Waals surface area contributed by atoms with Crippen molar-refractivity contribution in [3.63, 3.8) is 0 Å². The molecular weight excluding hydrogens is 442 g/mol. The van der Waals surface area contributed by atoms with Gasteiger partial charge in [-0.3, -0.25) is 4.79 Å². The van der Waals surface area contributed by atoms with Crippen LogP contribution in [0, 0.1) is 5.92 Å². The third-order valence-electron chi connectivity index (χ3n) is 4.97. The lowest BCUT2D eigenvalue weighted by atomic mass is 9.98. The first kappa shape index (κ1) is 23.4. The van der Waals surface area contributed by atoms with E-state index in [1.54, 1.807) is 48.5 Å². The van der Waals surface area contributed by atoms with E-state index in [1.165, 1.54) is 4.31 Å². The van der Waals surface area contributed by atoms with E-state index in [-0.39, 0.29) is 43.1 Å². The molecule has 0 atom stereocenters. The van der Waals surface area contributed by atoms with Crippen molar-refractivity contribution in [1.29, 1.82) is 0 Å². The summed E-state index contributed by atoms with van der Waals surface area (Å²) in [5.74, 6) is 0.635. The number of nitrogens with zero attached hydrogens (tertiary/aromatic N) is 1. The Labute approximate surface area is 187 Å². The van der Waals surface area contributed by atoms with E-state index in [0.29, 0.717) is 36.0 Å². The van der Waals surface area contributed by atoms with Gasteiger partial charge in [0.15, 0.2) is 0 Å². The molecular formula is C22H26ClNO6S. The average Bonchev–Trinajstić information content (AvgIpc) is 2.78. The number of halogens is 1. The maximum absolute atomic E-state index is 12.8. The molecule has 0 amide bonds. The van der Waals surface area contributed by atoms with Crippen molar-refractivity contribution < 1.29 is 27.4 Å². The molecule has 0 unspecified atom stereocenters. The summed E-state index contributed by atoms with van der Waals surface area (Å²) < 4.78 is 43.3. The molecule has 1 saturated heterocycles. The summed E-state index contributed by atoms with van der Waals surface area (Å²) in [6.07, 6.45) is 0.847. The lowest BCUT2D eigenvalue weighted by Crippen LogP contribution is -2.40. The number of carbonyl (C=O) groups excluding carboxylic acids is 1. The molecule has 2 aromatic rings. The first-order chi connectivity index (χ1) is 14.9. The van der Waals surface area contributed by atoms with Crippen LogP contribution in [0.15, 0.2) is 53.4 Å². The van der Waals surface area contributed by atoms with Gasteiger partial charge < -0.3 is 14.2 Å². The summed E-state index contributed by atoms with van der Waals surface area (Å²) in [5, 5.41) is 0.620. The Bertz CT molecular complexity index is 955. The van der Waals surface area contributed by atoms with Gasteiger partial charge >= 0.3 is 5.97 Å². The van der Waals surface area contributed by atoms with Gasteiger partial charge in [0.25, 0.3) is 0 Å². The molecule has 1 fully saturated rings. The zero-order valence-electron chi connectivity index (χ0n) is 17.3. The van der Waals surface area contributed by atoms with Gasteiger partial charge in [-0.1, -0.05) is 11.6 Å². The number of hydrogen-bond acceptors (Lipinski definition) is 6. The highest BCUT2D eigenvalue weighted by atomic mass is 35.5. The smallest absolute Gasteiger partial charge is 0.309 e. The standard InChI is InChI=1S/C22H26ClNO6S/c1-2-28-19-7-9-21(10-8-19)31(26,27)24-13-11-17(12-14-24)22(25)30-16-15-29-20-5-3-18(23)4-6-20/h3-10,17H,2,11-16H2,1H3. The number of piperidine rings is 1. The lowest BCUT2D eigenvalue weighted by molar-refractivity contribution is -0.150. The molecule has 1 heterocycles. The number of rotatable bonds is 9. The summed E-state index contributed by atoms with van der Waals surface area (Å²) >= 11 is 5.82. The summed E-state index contributed by atoms with van der Waals surface area (Å²) in [7, 11) is -3.60. The van der Waals surface area contributed by atoms with Crippen LogP contribution in [-0.4, -0.2) is 51.6 Å². The van der Waals surface area contributed by atoms with Gasteiger partial charge in [-0.25, -0.2) is 8.42 Å². The number of benzene rings is 2. The molecule has 0 bridgehead atoms. The Morgan fingerprint density at radius 1 is 0.968 bits per heavy atom. The Kier molecular flexibility index (Phi) is 8.17. The van der Waals surface area contributed by atoms with E-state index < -0.39 is 10.0 Å². The van der Waals surface area contributed by atoms with Gasteiger partial charge in [-0.15, -0.1) is 0 Å². The summed E-state index contributed by atoms with van der Waals surface area (Å²) in [4.78, 5) is 12.5. The Balaban J connectivity index is 1.43. The fraction of sp³-hybridized carbons (Fsp3) is 0.409. The molecule has 0 N–H and O–H groups in total. The van der Waals surface area contributed by atoms with Crippen molar-refractivity contribution >= 4 is 27.6 Å². The monoisotopic (exact) mass is 467 g/mol. The number of carbonyl (C=O) groups is 1. The molecule has 0 aliphatic carbocycles. The van der Waals surface area contributed by atoms with Gasteiger partial charge in [0, 0.05) is 18.1 Å². The third kappa shape index (κ3) is 6.35. The Hall–Kier alpha value is -2.29. The quantitative estimate of drug-likeness (QED) is 0.412. The highest BCUT2D eigenvalue weighted by Gasteiger charge is 2.32. The van der Waals surface area contributed by atoms with Crippen LogP contribution < -0.4 is 9.47 Å². The number of hydrogen-bond donors (Lipinski definition) is 0. The van der Waals surface area contributed by atoms with Crippen molar-refractivity contribution in [2.75, 3.05) is 32.9 Å². The van der Waals surface area contributed by atoms with E-state index in [9.17, 15) is 13.2 Å². The molecule has 1 aliphatic heterocycles.